The van der Waals surface area contributed by atoms with Gasteiger partial charge in [0, 0.05) is 11.6 Å². The third kappa shape index (κ3) is 1.98. The molecule has 17 heavy (non-hydrogen) atoms. The van der Waals surface area contributed by atoms with Gasteiger partial charge in [0.25, 0.3) is 0 Å². The van der Waals surface area contributed by atoms with Crippen molar-refractivity contribution < 1.29 is 19.4 Å². The standard InChI is InChI=1S/C12H15NO4/c1-7-8(2)17-11(15)5-13-9(6-14)3-4-10(13)12(7)16/h3-4,6-8,12,16H,5H2,1-2H3/t7-,8-,12+/m1/s1. The molecule has 0 fully saturated rings. The monoisotopic (exact) mass is 237 g/mol. The highest BCUT2D eigenvalue weighted by Gasteiger charge is 2.31. The van der Waals surface area contributed by atoms with Gasteiger partial charge in [-0.2, -0.15) is 0 Å². The van der Waals surface area contributed by atoms with Gasteiger partial charge in [-0.25, -0.2) is 0 Å². The van der Waals surface area contributed by atoms with E-state index >= 15 is 0 Å². The number of aromatic nitrogens is 1. The number of esters is 1. The Kier molecular flexibility index (Phi) is 3.02. The second kappa shape index (κ2) is 4.33. The molecule has 5 nitrogen and oxygen atoms in total. The lowest BCUT2D eigenvalue weighted by Gasteiger charge is -2.29. The summed E-state index contributed by atoms with van der Waals surface area (Å²) in [5.74, 6) is -0.607. The Morgan fingerprint density at radius 2 is 2.18 bits per heavy atom. The number of cyclic esters (lactones) is 1. The lowest BCUT2D eigenvalue weighted by Crippen LogP contribution is -2.33. The van der Waals surface area contributed by atoms with Crippen molar-refractivity contribution in [3.8, 4) is 0 Å². The van der Waals surface area contributed by atoms with E-state index in [0.29, 0.717) is 17.7 Å². The molecule has 0 radical (unpaired) electrons. The number of hydrogen-bond acceptors (Lipinski definition) is 4. The average molecular weight is 237 g/mol. The van der Waals surface area contributed by atoms with Gasteiger partial charge < -0.3 is 14.4 Å². The van der Waals surface area contributed by atoms with Gasteiger partial charge in [-0.15, -0.1) is 0 Å². The summed E-state index contributed by atoms with van der Waals surface area (Å²) >= 11 is 0. The van der Waals surface area contributed by atoms with Crippen molar-refractivity contribution in [2.75, 3.05) is 0 Å². The van der Waals surface area contributed by atoms with E-state index in [9.17, 15) is 14.7 Å². The Morgan fingerprint density at radius 3 is 2.82 bits per heavy atom. The summed E-state index contributed by atoms with van der Waals surface area (Å²) in [4.78, 5) is 22.4. The highest BCUT2D eigenvalue weighted by Crippen LogP contribution is 2.29. The van der Waals surface area contributed by atoms with E-state index in [2.05, 4.69) is 0 Å². The third-order valence-electron chi connectivity index (χ3n) is 3.31. The number of aliphatic hydroxyl groups is 1. The Bertz CT molecular complexity index is 451. The van der Waals surface area contributed by atoms with Crippen LogP contribution in [0.2, 0.25) is 0 Å². The van der Waals surface area contributed by atoms with Crippen molar-refractivity contribution in [1.82, 2.24) is 4.57 Å². The molecular weight excluding hydrogens is 222 g/mol. The summed E-state index contributed by atoms with van der Waals surface area (Å²) in [6, 6.07) is 3.28. The lowest BCUT2D eigenvalue weighted by molar-refractivity contribution is -0.155. The van der Waals surface area contributed by atoms with E-state index in [1.165, 1.54) is 4.57 Å². The molecule has 5 heteroatoms. The van der Waals surface area contributed by atoms with E-state index in [0.717, 1.165) is 0 Å². The van der Waals surface area contributed by atoms with Crippen molar-refractivity contribution in [2.45, 2.75) is 32.6 Å². The van der Waals surface area contributed by atoms with Crippen LogP contribution in [0.1, 0.15) is 36.1 Å². The molecule has 1 N–H and O–H groups in total. The first-order valence-corrected chi connectivity index (χ1v) is 5.56. The van der Waals surface area contributed by atoms with Crippen LogP contribution in [0.3, 0.4) is 0 Å². The molecule has 2 rings (SSSR count). The average Bonchev–Trinajstić information content (AvgIpc) is 2.68. The quantitative estimate of drug-likeness (QED) is 0.582. The van der Waals surface area contributed by atoms with Crippen LogP contribution in [0.4, 0.5) is 0 Å². The Labute approximate surface area is 99.0 Å². The van der Waals surface area contributed by atoms with Crippen LogP contribution >= 0.6 is 0 Å². The van der Waals surface area contributed by atoms with E-state index in [4.69, 9.17) is 4.74 Å². The number of ether oxygens (including phenoxy) is 1. The van der Waals surface area contributed by atoms with Crippen molar-refractivity contribution in [1.29, 1.82) is 0 Å². The van der Waals surface area contributed by atoms with Crippen LogP contribution in [0.15, 0.2) is 12.1 Å². The van der Waals surface area contributed by atoms with Crippen molar-refractivity contribution >= 4 is 12.3 Å². The molecule has 0 aromatic carbocycles. The maximum absolute atomic E-state index is 11.6. The number of aliphatic hydroxyl groups excluding tert-OH is 1. The van der Waals surface area contributed by atoms with Gasteiger partial charge >= 0.3 is 5.97 Å². The third-order valence-corrected chi connectivity index (χ3v) is 3.31. The maximum atomic E-state index is 11.6. The summed E-state index contributed by atoms with van der Waals surface area (Å²) in [6.07, 6.45) is -0.424. The van der Waals surface area contributed by atoms with Gasteiger partial charge in [-0.1, -0.05) is 6.92 Å². The summed E-state index contributed by atoms with van der Waals surface area (Å²) < 4.78 is 6.67. The second-order valence-corrected chi connectivity index (χ2v) is 4.39. The largest absolute Gasteiger partial charge is 0.461 e. The highest BCUT2D eigenvalue weighted by molar-refractivity contribution is 5.76. The first-order chi connectivity index (χ1) is 8.04. The van der Waals surface area contributed by atoms with Crippen LogP contribution in [0.25, 0.3) is 0 Å². The van der Waals surface area contributed by atoms with Gasteiger partial charge in [0.05, 0.1) is 5.69 Å². The van der Waals surface area contributed by atoms with Gasteiger partial charge in [-0.05, 0) is 19.1 Å². The molecule has 1 aromatic rings. The van der Waals surface area contributed by atoms with Gasteiger partial charge in [0.2, 0.25) is 0 Å². The smallest absolute Gasteiger partial charge is 0.326 e. The molecule has 0 bridgehead atoms. The number of hydrogen-bond donors (Lipinski definition) is 1. The van der Waals surface area contributed by atoms with E-state index in [1.807, 2.05) is 6.92 Å². The normalized spacial score (nSPS) is 28.9. The molecular formula is C12H15NO4. The molecule has 0 saturated carbocycles. The minimum atomic E-state index is -0.744. The van der Waals surface area contributed by atoms with Crippen molar-refractivity contribution in [3.63, 3.8) is 0 Å². The predicted molar refractivity (Wildman–Crippen MR) is 59.5 cm³/mol. The number of nitrogens with zero attached hydrogens (tertiary/aromatic N) is 1. The molecule has 0 unspecified atom stereocenters. The van der Waals surface area contributed by atoms with Gasteiger partial charge in [-0.3, -0.25) is 9.59 Å². The van der Waals surface area contributed by atoms with E-state index in [-0.39, 0.29) is 18.6 Å². The van der Waals surface area contributed by atoms with E-state index in [1.54, 1.807) is 19.1 Å². The highest BCUT2D eigenvalue weighted by atomic mass is 16.5. The number of aldehydes is 1. The number of carbonyl (C=O) groups is 2. The lowest BCUT2D eigenvalue weighted by atomic mass is 9.96. The predicted octanol–water partition coefficient (Wildman–Crippen LogP) is 0.915. The molecule has 0 spiro atoms. The van der Waals surface area contributed by atoms with Crippen LogP contribution in [0.5, 0.6) is 0 Å². The topological polar surface area (TPSA) is 68.5 Å². The molecule has 1 aliphatic rings. The zero-order valence-corrected chi connectivity index (χ0v) is 9.79. The summed E-state index contributed by atoms with van der Waals surface area (Å²) in [6.45, 7) is 3.53. The van der Waals surface area contributed by atoms with Gasteiger partial charge in [0.1, 0.15) is 18.8 Å². The molecule has 2 heterocycles. The molecule has 3 atom stereocenters. The van der Waals surface area contributed by atoms with Crippen LogP contribution < -0.4 is 0 Å². The first-order valence-electron chi connectivity index (χ1n) is 5.56. The number of carbonyl (C=O) groups excluding carboxylic acids is 2. The number of fused-ring (bicyclic) bond motifs is 1. The molecule has 0 amide bonds. The summed E-state index contributed by atoms with van der Waals surface area (Å²) in [7, 11) is 0. The van der Waals surface area contributed by atoms with Crippen molar-refractivity contribution in [3.05, 3.63) is 23.5 Å². The Morgan fingerprint density at radius 1 is 1.47 bits per heavy atom. The fourth-order valence-electron chi connectivity index (χ4n) is 2.05. The summed E-state index contributed by atoms with van der Waals surface area (Å²) in [5.41, 5.74) is 0.959. The zero-order valence-electron chi connectivity index (χ0n) is 9.79. The molecule has 92 valence electrons. The van der Waals surface area contributed by atoms with Crippen LogP contribution in [-0.4, -0.2) is 28.0 Å². The molecule has 0 aliphatic carbocycles. The Balaban J connectivity index is 2.48. The minimum Gasteiger partial charge on any atom is -0.461 e. The Hall–Kier alpha value is -1.62. The SMILES string of the molecule is C[C@H]1[C@H](O)c2ccc(C=O)n2CC(=O)O[C@@H]1C. The van der Waals surface area contributed by atoms with Gasteiger partial charge in [0.15, 0.2) is 6.29 Å². The fourth-order valence-corrected chi connectivity index (χ4v) is 2.05. The zero-order chi connectivity index (χ0) is 12.6. The second-order valence-electron chi connectivity index (χ2n) is 4.39. The first kappa shape index (κ1) is 11.9. The summed E-state index contributed by atoms with van der Waals surface area (Å²) in [5, 5.41) is 10.2. The van der Waals surface area contributed by atoms with Crippen LogP contribution in [0, 0.1) is 5.92 Å². The minimum absolute atomic E-state index is 0.0372. The maximum Gasteiger partial charge on any atom is 0.326 e. The number of rotatable bonds is 1. The fraction of sp³-hybridized carbons (Fsp3) is 0.500. The molecule has 1 aliphatic heterocycles. The molecule has 1 aromatic heterocycles. The van der Waals surface area contributed by atoms with Crippen LogP contribution in [-0.2, 0) is 16.1 Å². The van der Waals surface area contributed by atoms with E-state index < -0.39 is 12.1 Å². The molecule has 0 saturated heterocycles. The van der Waals surface area contributed by atoms with Crippen molar-refractivity contribution in [2.24, 2.45) is 5.92 Å².